The van der Waals surface area contributed by atoms with Gasteiger partial charge in [0, 0.05) is 24.3 Å². The maximum absolute atomic E-state index is 12.4. The monoisotopic (exact) mass is 333 g/mol. The molecule has 0 saturated carbocycles. The second-order valence-electron chi connectivity index (χ2n) is 6.40. The highest BCUT2D eigenvalue weighted by Crippen LogP contribution is 2.27. The number of aromatic nitrogens is 4. The zero-order valence-corrected chi connectivity index (χ0v) is 14.0. The number of amides is 1. The van der Waals surface area contributed by atoms with Crippen molar-refractivity contribution in [3.8, 4) is 5.82 Å². The average molecular weight is 333 g/mol. The molecule has 126 valence electrons. The minimum Gasteiger partial charge on any atom is -0.312 e. The molecule has 1 saturated heterocycles. The second kappa shape index (κ2) is 6.47. The molecule has 1 amide bonds. The summed E-state index contributed by atoms with van der Waals surface area (Å²) >= 11 is 0. The van der Waals surface area contributed by atoms with E-state index < -0.39 is 0 Å². The maximum Gasteiger partial charge on any atom is 0.227 e. The summed E-state index contributed by atoms with van der Waals surface area (Å²) in [6, 6.07) is 13.9. The average Bonchev–Trinajstić information content (AvgIpc) is 3.27. The summed E-state index contributed by atoms with van der Waals surface area (Å²) in [5, 5.41) is 7.62. The summed E-state index contributed by atoms with van der Waals surface area (Å²) in [6.45, 7) is 2.77. The number of carbonyl (C=O) groups excluding carboxylic acids is 1. The Hall–Kier alpha value is -3.02. The molecule has 25 heavy (non-hydrogen) atoms. The molecule has 2 aromatic heterocycles. The Kier molecular flexibility index (Phi) is 4.01. The molecule has 3 aromatic rings. The number of aryl methyl sites for hydroxylation is 1. The standard InChI is InChI=1S/C19H19N5O/c1-14-16(7-8-18(22-14)23-12-20-21-13-23)9-15-10-19(25)24(11-15)17-5-3-2-4-6-17/h2-8,12-13,15H,9-11H2,1H3. The van der Waals surface area contributed by atoms with E-state index in [1.165, 1.54) is 5.56 Å². The molecule has 0 N–H and O–H groups in total. The Morgan fingerprint density at radius 3 is 2.56 bits per heavy atom. The van der Waals surface area contributed by atoms with E-state index in [-0.39, 0.29) is 5.91 Å². The van der Waals surface area contributed by atoms with Crippen molar-refractivity contribution in [3.05, 3.63) is 66.4 Å². The number of para-hydroxylation sites is 1. The van der Waals surface area contributed by atoms with Crippen molar-refractivity contribution >= 4 is 11.6 Å². The molecule has 0 spiro atoms. The van der Waals surface area contributed by atoms with Gasteiger partial charge in [0.1, 0.15) is 18.5 Å². The Bertz CT molecular complexity index is 876. The van der Waals surface area contributed by atoms with Crippen molar-refractivity contribution in [2.75, 3.05) is 11.4 Å². The van der Waals surface area contributed by atoms with Crippen molar-refractivity contribution < 1.29 is 4.79 Å². The Balaban J connectivity index is 1.49. The molecule has 6 heteroatoms. The van der Waals surface area contributed by atoms with Crippen LogP contribution in [0.4, 0.5) is 5.69 Å². The summed E-state index contributed by atoms with van der Waals surface area (Å²) in [7, 11) is 0. The van der Waals surface area contributed by atoms with Crippen LogP contribution >= 0.6 is 0 Å². The number of hydrogen-bond acceptors (Lipinski definition) is 4. The number of nitrogens with zero attached hydrogens (tertiary/aromatic N) is 5. The first kappa shape index (κ1) is 15.5. The molecule has 1 unspecified atom stereocenters. The summed E-state index contributed by atoms with van der Waals surface area (Å²) in [5.74, 6) is 1.32. The second-order valence-corrected chi connectivity index (χ2v) is 6.40. The molecule has 1 aromatic carbocycles. The molecule has 1 aliphatic heterocycles. The lowest BCUT2D eigenvalue weighted by molar-refractivity contribution is -0.117. The predicted octanol–water partition coefficient (Wildman–Crippen LogP) is 2.57. The third kappa shape index (κ3) is 3.15. The van der Waals surface area contributed by atoms with Gasteiger partial charge in [-0.1, -0.05) is 24.3 Å². The highest BCUT2D eigenvalue weighted by atomic mass is 16.2. The van der Waals surface area contributed by atoms with Gasteiger partial charge in [0.15, 0.2) is 0 Å². The minimum atomic E-state index is 0.197. The van der Waals surface area contributed by atoms with E-state index in [0.717, 1.165) is 30.2 Å². The first-order chi connectivity index (χ1) is 12.2. The normalized spacial score (nSPS) is 17.2. The lowest BCUT2D eigenvalue weighted by Gasteiger charge is -2.17. The van der Waals surface area contributed by atoms with Gasteiger partial charge in [-0.3, -0.25) is 9.36 Å². The summed E-state index contributed by atoms with van der Waals surface area (Å²) in [4.78, 5) is 18.9. The Labute approximate surface area is 146 Å². The summed E-state index contributed by atoms with van der Waals surface area (Å²) in [5.41, 5.74) is 3.15. The molecular weight excluding hydrogens is 314 g/mol. The van der Waals surface area contributed by atoms with Crippen LogP contribution in [0.1, 0.15) is 17.7 Å². The minimum absolute atomic E-state index is 0.197. The van der Waals surface area contributed by atoms with E-state index in [1.54, 1.807) is 17.2 Å². The van der Waals surface area contributed by atoms with Crippen LogP contribution < -0.4 is 4.90 Å². The fraction of sp³-hybridized carbons (Fsp3) is 0.263. The zero-order chi connectivity index (χ0) is 17.2. The van der Waals surface area contributed by atoms with Crippen LogP contribution in [0, 0.1) is 12.8 Å². The molecule has 3 heterocycles. The van der Waals surface area contributed by atoms with Crippen LogP contribution in [0.15, 0.2) is 55.1 Å². The third-order valence-corrected chi connectivity index (χ3v) is 4.65. The fourth-order valence-corrected chi connectivity index (χ4v) is 3.34. The molecule has 1 fully saturated rings. The first-order valence-corrected chi connectivity index (χ1v) is 8.37. The van der Waals surface area contributed by atoms with Crippen molar-refractivity contribution in [2.24, 2.45) is 5.92 Å². The number of rotatable bonds is 4. The quantitative estimate of drug-likeness (QED) is 0.736. The van der Waals surface area contributed by atoms with Crippen molar-refractivity contribution in [2.45, 2.75) is 19.8 Å². The van der Waals surface area contributed by atoms with Crippen LogP contribution in [0.2, 0.25) is 0 Å². The zero-order valence-electron chi connectivity index (χ0n) is 14.0. The first-order valence-electron chi connectivity index (χ1n) is 8.37. The molecule has 4 rings (SSSR count). The van der Waals surface area contributed by atoms with Gasteiger partial charge in [-0.2, -0.15) is 0 Å². The number of hydrogen-bond donors (Lipinski definition) is 0. The van der Waals surface area contributed by atoms with Gasteiger partial charge in [0.25, 0.3) is 0 Å². The largest absolute Gasteiger partial charge is 0.312 e. The molecular formula is C19H19N5O. The van der Waals surface area contributed by atoms with Crippen molar-refractivity contribution in [1.82, 2.24) is 19.7 Å². The highest BCUT2D eigenvalue weighted by molar-refractivity contribution is 5.95. The predicted molar refractivity (Wildman–Crippen MR) is 94.5 cm³/mol. The van der Waals surface area contributed by atoms with Crippen LogP contribution in [0.25, 0.3) is 5.82 Å². The number of pyridine rings is 1. The molecule has 0 radical (unpaired) electrons. The lowest BCUT2D eigenvalue weighted by atomic mass is 9.97. The van der Waals surface area contributed by atoms with Gasteiger partial charge < -0.3 is 4.90 Å². The van der Waals surface area contributed by atoms with Crippen LogP contribution in [-0.4, -0.2) is 32.2 Å². The lowest BCUT2D eigenvalue weighted by Crippen LogP contribution is -2.24. The number of anilines is 1. The summed E-state index contributed by atoms with van der Waals surface area (Å²) in [6.07, 6.45) is 4.71. The van der Waals surface area contributed by atoms with E-state index in [4.69, 9.17) is 0 Å². The molecule has 6 nitrogen and oxygen atoms in total. The fourth-order valence-electron chi connectivity index (χ4n) is 3.34. The van der Waals surface area contributed by atoms with Gasteiger partial charge in [0.05, 0.1) is 0 Å². The van der Waals surface area contributed by atoms with Gasteiger partial charge >= 0.3 is 0 Å². The van der Waals surface area contributed by atoms with Gasteiger partial charge in [-0.25, -0.2) is 4.98 Å². The SMILES string of the molecule is Cc1nc(-n2cnnc2)ccc1CC1CC(=O)N(c2ccccc2)C1. The molecule has 0 aliphatic carbocycles. The third-order valence-electron chi connectivity index (χ3n) is 4.65. The molecule has 1 atom stereocenters. The van der Waals surface area contributed by atoms with Gasteiger partial charge in [-0.05, 0) is 43.0 Å². The van der Waals surface area contributed by atoms with Crippen LogP contribution in [0.3, 0.4) is 0 Å². The van der Waals surface area contributed by atoms with E-state index in [2.05, 4.69) is 21.2 Å². The van der Waals surface area contributed by atoms with Crippen LogP contribution in [0.5, 0.6) is 0 Å². The molecule has 1 aliphatic rings. The number of benzene rings is 1. The van der Waals surface area contributed by atoms with Gasteiger partial charge in [-0.15, -0.1) is 10.2 Å². The van der Waals surface area contributed by atoms with Crippen molar-refractivity contribution in [3.63, 3.8) is 0 Å². The highest BCUT2D eigenvalue weighted by Gasteiger charge is 2.30. The van der Waals surface area contributed by atoms with E-state index in [9.17, 15) is 4.79 Å². The molecule has 0 bridgehead atoms. The van der Waals surface area contributed by atoms with E-state index in [0.29, 0.717) is 12.3 Å². The van der Waals surface area contributed by atoms with E-state index in [1.807, 2.05) is 48.2 Å². The summed E-state index contributed by atoms with van der Waals surface area (Å²) < 4.78 is 1.78. The Morgan fingerprint density at radius 1 is 1.08 bits per heavy atom. The number of carbonyl (C=O) groups is 1. The van der Waals surface area contributed by atoms with Crippen LogP contribution in [-0.2, 0) is 11.2 Å². The van der Waals surface area contributed by atoms with E-state index >= 15 is 0 Å². The Morgan fingerprint density at radius 2 is 1.84 bits per heavy atom. The maximum atomic E-state index is 12.4. The topological polar surface area (TPSA) is 63.9 Å². The smallest absolute Gasteiger partial charge is 0.227 e. The van der Waals surface area contributed by atoms with Gasteiger partial charge in [0.2, 0.25) is 5.91 Å². The van der Waals surface area contributed by atoms with Crippen molar-refractivity contribution in [1.29, 1.82) is 0 Å².